The maximum absolute atomic E-state index is 14.0. The van der Waals surface area contributed by atoms with Gasteiger partial charge in [0.25, 0.3) is 0 Å². The van der Waals surface area contributed by atoms with E-state index in [0.717, 1.165) is 17.0 Å². The molecule has 0 spiro atoms. The van der Waals surface area contributed by atoms with Gasteiger partial charge in [0, 0.05) is 6.54 Å². The summed E-state index contributed by atoms with van der Waals surface area (Å²) < 4.78 is 100. The molecule has 2 aromatic carbocycles. The van der Waals surface area contributed by atoms with Gasteiger partial charge in [-0.3, -0.25) is 5.32 Å². The van der Waals surface area contributed by atoms with Gasteiger partial charge in [0.05, 0.1) is 16.8 Å². The highest BCUT2D eigenvalue weighted by Gasteiger charge is 2.46. The first-order valence-corrected chi connectivity index (χ1v) is 11.6. The molecule has 1 amide bonds. The normalized spacial score (nSPS) is 18.4. The highest BCUT2D eigenvalue weighted by Crippen LogP contribution is 2.41. The number of anilines is 1. The minimum atomic E-state index is -4.83. The van der Waals surface area contributed by atoms with E-state index in [1.807, 2.05) is 6.07 Å². The molecule has 206 valence electrons. The Bertz CT molecular complexity index is 1260. The first-order chi connectivity index (χ1) is 17.4. The van der Waals surface area contributed by atoms with Crippen molar-refractivity contribution < 1.29 is 40.3 Å². The summed E-state index contributed by atoms with van der Waals surface area (Å²) in [5.74, 6) is -1.16. The van der Waals surface area contributed by atoms with E-state index in [-0.39, 0.29) is 36.1 Å². The van der Waals surface area contributed by atoms with Crippen LogP contribution in [0.3, 0.4) is 0 Å². The molecule has 3 rings (SSSR count). The lowest BCUT2D eigenvalue weighted by Gasteiger charge is -2.39. The van der Waals surface area contributed by atoms with E-state index in [2.05, 4.69) is 5.32 Å². The summed E-state index contributed by atoms with van der Waals surface area (Å²) in [5, 5.41) is 13.0. The van der Waals surface area contributed by atoms with Gasteiger partial charge in [-0.2, -0.15) is 31.6 Å². The first kappa shape index (κ1) is 29.2. The summed E-state index contributed by atoms with van der Waals surface area (Å²) in [6.45, 7) is 5.39. The fourth-order valence-corrected chi connectivity index (χ4v) is 4.36. The van der Waals surface area contributed by atoms with Crippen molar-refractivity contribution >= 4 is 11.8 Å². The number of carbonyl (C=O) groups excluding carboxylic acids is 1. The number of nitrogens with zero attached hydrogens (tertiary/aromatic N) is 2. The second kappa shape index (κ2) is 10.1. The van der Waals surface area contributed by atoms with Gasteiger partial charge in [0.2, 0.25) is 0 Å². The van der Waals surface area contributed by atoms with Gasteiger partial charge < -0.3 is 4.74 Å². The van der Waals surface area contributed by atoms with E-state index >= 15 is 0 Å². The number of carbonyl (C=O) groups is 1. The Balaban J connectivity index is 2.15. The van der Waals surface area contributed by atoms with Gasteiger partial charge in [-0.15, -0.1) is 0 Å². The number of hydrogen-bond donors (Lipinski definition) is 1. The second-order valence-corrected chi connectivity index (χ2v) is 10.1. The number of alkyl halides is 6. The molecular formula is C26H26F7N3O2. The average Bonchev–Trinajstić information content (AvgIpc) is 2.91. The van der Waals surface area contributed by atoms with Crippen LogP contribution in [0.5, 0.6) is 0 Å². The third-order valence-corrected chi connectivity index (χ3v) is 5.97. The Morgan fingerprint density at radius 2 is 1.74 bits per heavy atom. The lowest BCUT2D eigenvalue weighted by molar-refractivity contribution is -0.138. The molecule has 12 heteroatoms. The smallest absolute Gasteiger partial charge is 0.417 e. The Labute approximate surface area is 215 Å². The first-order valence-electron chi connectivity index (χ1n) is 11.6. The molecule has 1 heterocycles. The molecule has 1 aliphatic heterocycles. The van der Waals surface area contributed by atoms with Crippen LogP contribution in [0.25, 0.3) is 0 Å². The van der Waals surface area contributed by atoms with Gasteiger partial charge in [0.1, 0.15) is 17.5 Å². The van der Waals surface area contributed by atoms with Crippen LogP contribution in [-0.4, -0.2) is 17.4 Å². The van der Waals surface area contributed by atoms with Gasteiger partial charge in [-0.25, -0.2) is 14.1 Å². The fourth-order valence-electron chi connectivity index (χ4n) is 4.36. The van der Waals surface area contributed by atoms with Crippen LogP contribution in [0, 0.1) is 24.1 Å². The Morgan fingerprint density at radius 3 is 2.29 bits per heavy atom. The molecule has 0 fully saturated rings. The third kappa shape index (κ3) is 6.38. The molecule has 0 aromatic heterocycles. The number of hydrogen-bond acceptors (Lipinski definition) is 4. The molecule has 1 aliphatic rings. The van der Waals surface area contributed by atoms with E-state index in [4.69, 9.17) is 4.74 Å². The van der Waals surface area contributed by atoms with E-state index in [0.29, 0.717) is 17.7 Å². The van der Waals surface area contributed by atoms with Crippen LogP contribution in [0.15, 0.2) is 30.3 Å². The van der Waals surface area contributed by atoms with Gasteiger partial charge in [0.15, 0.2) is 5.66 Å². The summed E-state index contributed by atoms with van der Waals surface area (Å²) in [6.07, 6.45) is -10.4. The van der Waals surface area contributed by atoms with Gasteiger partial charge in [-0.05, 0) is 87.9 Å². The SMILES string of the molecule is Cc1cc2c(cc1C(F)(F)F)N(C(=O)OC(C)(C)C)C(C#N)(NCc1cc(F)cc(C(F)(F)F)c1)CCC2. The molecule has 0 radical (unpaired) electrons. The molecule has 0 aliphatic carbocycles. The number of nitriles is 1. The van der Waals surface area contributed by atoms with Crippen molar-refractivity contribution in [2.45, 2.75) is 77.1 Å². The molecule has 0 saturated heterocycles. The zero-order chi connectivity index (χ0) is 28.7. The summed E-state index contributed by atoms with van der Waals surface area (Å²) in [6, 6.07) is 5.85. The zero-order valence-electron chi connectivity index (χ0n) is 21.1. The van der Waals surface area contributed by atoms with E-state index in [9.17, 15) is 40.8 Å². The highest BCUT2D eigenvalue weighted by atomic mass is 19.4. The number of amides is 1. The summed E-state index contributed by atoms with van der Waals surface area (Å²) >= 11 is 0. The predicted molar refractivity (Wildman–Crippen MR) is 124 cm³/mol. The number of halogens is 7. The van der Waals surface area contributed by atoms with E-state index < -0.39 is 53.2 Å². The van der Waals surface area contributed by atoms with Crippen molar-refractivity contribution in [3.63, 3.8) is 0 Å². The number of ether oxygens (including phenoxy) is 1. The summed E-state index contributed by atoms with van der Waals surface area (Å²) in [5.41, 5.74) is -5.47. The number of benzene rings is 2. The lowest BCUT2D eigenvalue weighted by Crippen LogP contribution is -2.61. The number of nitrogens with one attached hydrogen (secondary N) is 1. The molecular weight excluding hydrogens is 519 g/mol. The number of rotatable bonds is 3. The Kier molecular flexibility index (Phi) is 7.76. The molecule has 1 atom stereocenters. The van der Waals surface area contributed by atoms with Gasteiger partial charge >= 0.3 is 18.4 Å². The maximum Gasteiger partial charge on any atom is 0.417 e. The highest BCUT2D eigenvalue weighted by molar-refractivity contribution is 5.92. The minimum Gasteiger partial charge on any atom is -0.443 e. The van der Waals surface area contributed by atoms with Crippen molar-refractivity contribution in [3.8, 4) is 6.07 Å². The largest absolute Gasteiger partial charge is 0.443 e. The second-order valence-electron chi connectivity index (χ2n) is 10.1. The third-order valence-electron chi connectivity index (χ3n) is 5.97. The summed E-state index contributed by atoms with van der Waals surface area (Å²) in [4.78, 5) is 14.2. The van der Waals surface area contributed by atoms with E-state index in [1.165, 1.54) is 33.8 Å². The number of fused-ring (bicyclic) bond motifs is 1. The van der Waals surface area contributed by atoms with E-state index in [1.54, 1.807) is 0 Å². The molecule has 1 N–H and O–H groups in total. The predicted octanol–water partition coefficient (Wildman–Crippen LogP) is 7.26. The molecule has 2 aromatic rings. The van der Waals surface area contributed by atoms with Crippen molar-refractivity contribution in [2.75, 3.05) is 4.90 Å². The quantitative estimate of drug-likeness (QED) is 0.413. The standard InChI is InChI=1S/C26H26F7N3O2/c1-15-8-17-6-5-7-24(14-34,35-13-16-9-18(25(28,29)30)11-19(27)10-16)36(22(37)38-23(2,3)4)21(17)12-20(15)26(31,32)33/h8-12,35H,5-7,13H2,1-4H3. The monoisotopic (exact) mass is 545 g/mol. The molecule has 1 unspecified atom stereocenters. The van der Waals surface area contributed by atoms with Crippen molar-refractivity contribution in [3.05, 3.63) is 64.0 Å². The molecule has 5 nitrogen and oxygen atoms in total. The van der Waals surface area contributed by atoms with Crippen molar-refractivity contribution in [1.82, 2.24) is 5.32 Å². The zero-order valence-corrected chi connectivity index (χ0v) is 21.1. The topological polar surface area (TPSA) is 65.4 Å². The molecule has 38 heavy (non-hydrogen) atoms. The van der Waals surface area contributed by atoms with Crippen LogP contribution in [-0.2, 0) is 30.1 Å². The van der Waals surface area contributed by atoms with Crippen LogP contribution in [0.1, 0.15) is 61.4 Å². The lowest BCUT2D eigenvalue weighted by atomic mass is 9.99. The van der Waals surface area contributed by atoms with Crippen LogP contribution < -0.4 is 10.2 Å². The minimum absolute atomic E-state index is 0.0720. The molecule has 0 saturated carbocycles. The van der Waals surface area contributed by atoms with Crippen LogP contribution in [0.2, 0.25) is 0 Å². The van der Waals surface area contributed by atoms with Crippen LogP contribution in [0.4, 0.5) is 41.2 Å². The Hall–Kier alpha value is -3.33. The maximum atomic E-state index is 14.0. The van der Waals surface area contributed by atoms with Crippen LogP contribution >= 0.6 is 0 Å². The summed E-state index contributed by atoms with van der Waals surface area (Å²) in [7, 11) is 0. The molecule has 0 bridgehead atoms. The Morgan fingerprint density at radius 1 is 1.08 bits per heavy atom. The number of aryl methyl sites for hydroxylation is 2. The van der Waals surface area contributed by atoms with Crippen molar-refractivity contribution in [2.24, 2.45) is 0 Å². The van der Waals surface area contributed by atoms with Gasteiger partial charge in [-0.1, -0.05) is 6.07 Å². The average molecular weight is 545 g/mol. The fraction of sp³-hybridized carbons (Fsp3) is 0.462. The van der Waals surface area contributed by atoms with Crippen molar-refractivity contribution in [1.29, 1.82) is 5.26 Å².